The van der Waals surface area contributed by atoms with E-state index in [2.05, 4.69) is 39.4 Å². The van der Waals surface area contributed by atoms with E-state index in [1.54, 1.807) is 60.8 Å². The molecule has 0 radical (unpaired) electrons. The number of aliphatic hydroxyl groups is 1. The summed E-state index contributed by atoms with van der Waals surface area (Å²) in [5, 5.41) is 27.9. The number of phenols is 1. The number of hydrogen-bond acceptors (Lipinski definition) is 6. The van der Waals surface area contributed by atoms with Gasteiger partial charge in [0.05, 0.1) is 27.7 Å². The molecule has 0 spiro atoms. The molecule has 0 saturated heterocycles. The van der Waals surface area contributed by atoms with Gasteiger partial charge < -0.3 is 25.8 Å². The van der Waals surface area contributed by atoms with E-state index in [0.717, 1.165) is 25.7 Å². The highest BCUT2D eigenvalue weighted by atomic mass is 16.3. The lowest BCUT2D eigenvalue weighted by Gasteiger charge is -2.41. The lowest BCUT2D eigenvalue weighted by molar-refractivity contribution is -0.132. The van der Waals surface area contributed by atoms with Crippen molar-refractivity contribution in [3.8, 4) is 17.1 Å². The Morgan fingerprint density at radius 3 is 2.61 bits per heavy atom. The van der Waals surface area contributed by atoms with Crippen LogP contribution in [0.3, 0.4) is 0 Å². The summed E-state index contributed by atoms with van der Waals surface area (Å²) in [6, 6.07) is 15.5. The normalized spacial score (nSPS) is 25.2. The molecule has 2 bridgehead atoms. The standard InChI is InChI=1S/C32H35N5O4/c1-3-19-15-31(41)17-22(4-2)32(16-19,18-31)30(40)36-24-11-8-20(14-26(24)38)28-34-23-10-9-21(13-25(23)35-28)29(39)37-27-7-5-6-12-33-27/h5-14,19,22,38,41H,3-4,15-18H2,1-2H3,(H,34,35)(H,36,40)(H,33,37,39)/t19-,22?,31-,32?/m1/s1. The molecule has 2 aliphatic carbocycles. The summed E-state index contributed by atoms with van der Waals surface area (Å²) in [6.45, 7) is 4.20. The van der Waals surface area contributed by atoms with Crippen LogP contribution in [0.2, 0.25) is 0 Å². The number of carbonyl (C=O) groups excluding carboxylic acids is 2. The van der Waals surface area contributed by atoms with Crippen molar-refractivity contribution in [3.05, 3.63) is 66.4 Å². The molecule has 2 amide bonds. The van der Waals surface area contributed by atoms with Gasteiger partial charge in [0.1, 0.15) is 17.4 Å². The molecule has 2 aromatic heterocycles. The van der Waals surface area contributed by atoms with E-state index >= 15 is 0 Å². The number of aromatic hydroxyl groups is 1. The lowest BCUT2D eigenvalue weighted by Crippen LogP contribution is -2.45. The summed E-state index contributed by atoms with van der Waals surface area (Å²) in [7, 11) is 0. The quantitative estimate of drug-likeness (QED) is 0.181. The van der Waals surface area contributed by atoms with Gasteiger partial charge in [0, 0.05) is 17.3 Å². The summed E-state index contributed by atoms with van der Waals surface area (Å²) in [4.78, 5) is 38.4. The van der Waals surface area contributed by atoms with Crippen molar-refractivity contribution >= 4 is 34.4 Å². The second kappa shape index (κ2) is 10.3. The van der Waals surface area contributed by atoms with Crippen LogP contribution < -0.4 is 10.6 Å². The van der Waals surface area contributed by atoms with E-state index in [4.69, 9.17) is 0 Å². The average Bonchev–Trinajstić information content (AvgIpc) is 3.49. The molecule has 0 aliphatic heterocycles. The second-order valence-electron chi connectivity index (χ2n) is 11.7. The van der Waals surface area contributed by atoms with Gasteiger partial charge in [-0.05, 0) is 86.1 Å². The predicted molar refractivity (Wildman–Crippen MR) is 157 cm³/mol. The Kier molecular flexibility index (Phi) is 6.77. The molecule has 212 valence electrons. The Morgan fingerprint density at radius 2 is 1.88 bits per heavy atom. The van der Waals surface area contributed by atoms with Crippen LogP contribution in [0.25, 0.3) is 22.4 Å². The van der Waals surface area contributed by atoms with Crippen LogP contribution >= 0.6 is 0 Å². The van der Waals surface area contributed by atoms with Crippen LogP contribution in [0.4, 0.5) is 11.5 Å². The average molecular weight is 554 g/mol. The van der Waals surface area contributed by atoms with Crippen LogP contribution in [0.15, 0.2) is 60.8 Å². The third-order valence-corrected chi connectivity index (χ3v) is 9.07. The molecule has 9 nitrogen and oxygen atoms in total. The van der Waals surface area contributed by atoms with Crippen molar-refractivity contribution in [1.82, 2.24) is 15.0 Å². The van der Waals surface area contributed by atoms with Gasteiger partial charge in [-0.1, -0.05) is 32.8 Å². The van der Waals surface area contributed by atoms with Gasteiger partial charge in [-0.3, -0.25) is 9.59 Å². The highest BCUT2D eigenvalue weighted by Gasteiger charge is 2.61. The van der Waals surface area contributed by atoms with Gasteiger partial charge in [-0.2, -0.15) is 0 Å². The summed E-state index contributed by atoms with van der Waals surface area (Å²) in [6.07, 6.45) is 6.01. The first-order valence-corrected chi connectivity index (χ1v) is 14.3. The first kappa shape index (κ1) is 27.0. The minimum absolute atomic E-state index is 0.0627. The van der Waals surface area contributed by atoms with Gasteiger partial charge in [-0.15, -0.1) is 0 Å². The summed E-state index contributed by atoms with van der Waals surface area (Å²) in [5.74, 6) is 0.938. The molecule has 2 aromatic carbocycles. The van der Waals surface area contributed by atoms with E-state index in [1.807, 2.05) is 0 Å². The Balaban J connectivity index is 1.21. The number of pyridine rings is 1. The Morgan fingerprint density at radius 1 is 1.02 bits per heavy atom. The fourth-order valence-corrected chi connectivity index (χ4v) is 7.10. The number of imidazole rings is 1. The number of anilines is 2. The zero-order valence-corrected chi connectivity index (χ0v) is 23.3. The smallest absolute Gasteiger partial charge is 0.256 e. The predicted octanol–water partition coefficient (Wildman–Crippen LogP) is 5.88. The zero-order chi connectivity index (χ0) is 28.8. The number of aromatic nitrogens is 3. The number of amides is 2. The van der Waals surface area contributed by atoms with E-state index in [0.29, 0.717) is 58.2 Å². The SMILES string of the molecule is CCC1C[C@]2(O)C[C@@H](CC)CC1(C(=O)Nc1ccc(-c3nc4ccc(C(=O)Nc5ccccn5)cc4[nH]3)cc1O)C2. The number of rotatable bonds is 7. The number of hydrogen-bond donors (Lipinski definition) is 5. The third-order valence-electron chi connectivity index (χ3n) is 9.07. The molecule has 6 rings (SSSR count). The highest BCUT2D eigenvalue weighted by Crippen LogP contribution is 2.60. The van der Waals surface area contributed by atoms with Gasteiger partial charge in [0.25, 0.3) is 5.91 Å². The summed E-state index contributed by atoms with van der Waals surface area (Å²) in [5.41, 5.74) is 1.35. The number of aromatic amines is 1. The first-order valence-electron chi connectivity index (χ1n) is 14.3. The largest absolute Gasteiger partial charge is 0.506 e. The second-order valence-corrected chi connectivity index (χ2v) is 11.7. The molecular weight excluding hydrogens is 518 g/mol. The number of H-pyrrole nitrogens is 1. The monoisotopic (exact) mass is 553 g/mol. The Hall–Kier alpha value is -4.24. The van der Waals surface area contributed by atoms with Crippen molar-refractivity contribution in [2.24, 2.45) is 17.3 Å². The van der Waals surface area contributed by atoms with E-state index in [-0.39, 0.29) is 23.5 Å². The van der Waals surface area contributed by atoms with E-state index < -0.39 is 11.0 Å². The molecule has 2 saturated carbocycles. The molecule has 2 unspecified atom stereocenters. The van der Waals surface area contributed by atoms with Gasteiger partial charge in [0.15, 0.2) is 0 Å². The molecule has 41 heavy (non-hydrogen) atoms. The first-order chi connectivity index (χ1) is 19.7. The summed E-state index contributed by atoms with van der Waals surface area (Å²) < 4.78 is 0. The van der Waals surface area contributed by atoms with E-state index in [1.165, 1.54) is 0 Å². The lowest BCUT2D eigenvalue weighted by atomic mass is 9.65. The number of fused-ring (bicyclic) bond motifs is 3. The number of nitrogens with zero attached hydrogens (tertiary/aromatic N) is 2. The number of benzene rings is 2. The topological polar surface area (TPSA) is 140 Å². The molecular formula is C32H35N5O4. The van der Waals surface area contributed by atoms with E-state index in [9.17, 15) is 19.8 Å². The molecule has 2 aliphatic rings. The maximum Gasteiger partial charge on any atom is 0.256 e. The molecule has 5 N–H and O–H groups in total. The van der Waals surface area contributed by atoms with Crippen LogP contribution in [0.5, 0.6) is 5.75 Å². The van der Waals surface area contributed by atoms with Gasteiger partial charge in [-0.25, -0.2) is 9.97 Å². The summed E-state index contributed by atoms with van der Waals surface area (Å²) >= 11 is 0. The number of carbonyl (C=O) groups is 2. The molecule has 9 heteroatoms. The van der Waals surface area contributed by atoms with Gasteiger partial charge in [0.2, 0.25) is 5.91 Å². The van der Waals surface area contributed by atoms with Crippen LogP contribution in [-0.2, 0) is 4.79 Å². The van der Waals surface area contributed by atoms with Gasteiger partial charge >= 0.3 is 0 Å². The fourth-order valence-electron chi connectivity index (χ4n) is 7.10. The van der Waals surface area contributed by atoms with Crippen LogP contribution in [-0.4, -0.2) is 42.6 Å². The third kappa shape index (κ3) is 4.95. The molecule has 4 aromatic rings. The van der Waals surface area contributed by atoms with Crippen molar-refractivity contribution in [2.75, 3.05) is 10.6 Å². The molecule has 4 atom stereocenters. The van der Waals surface area contributed by atoms with Crippen molar-refractivity contribution in [2.45, 2.75) is 58.0 Å². The number of phenolic OH excluding ortho intramolecular Hbond substituents is 1. The Labute approximate surface area is 238 Å². The minimum Gasteiger partial charge on any atom is -0.506 e. The minimum atomic E-state index is -0.789. The molecule has 2 heterocycles. The van der Waals surface area contributed by atoms with Crippen molar-refractivity contribution < 1.29 is 19.8 Å². The fraction of sp³-hybridized carbons (Fsp3) is 0.375. The van der Waals surface area contributed by atoms with Crippen molar-refractivity contribution in [3.63, 3.8) is 0 Å². The van der Waals surface area contributed by atoms with Crippen LogP contribution in [0, 0.1) is 17.3 Å². The maximum atomic E-state index is 13.8. The van der Waals surface area contributed by atoms with Crippen molar-refractivity contribution in [1.29, 1.82) is 0 Å². The Bertz CT molecular complexity index is 1620. The molecule has 2 fully saturated rings. The maximum absolute atomic E-state index is 13.8. The zero-order valence-electron chi connectivity index (χ0n) is 23.3. The van der Waals surface area contributed by atoms with Crippen LogP contribution in [0.1, 0.15) is 62.7 Å². The highest BCUT2D eigenvalue weighted by molar-refractivity contribution is 6.05. The number of nitrogens with one attached hydrogen (secondary N) is 3.